The summed E-state index contributed by atoms with van der Waals surface area (Å²) in [6, 6.07) is 17.8. The summed E-state index contributed by atoms with van der Waals surface area (Å²) in [4.78, 5) is 27.4. The highest BCUT2D eigenvalue weighted by Gasteiger charge is 2.57. The van der Waals surface area contributed by atoms with Gasteiger partial charge in [-0.3, -0.25) is 19.8 Å². The number of carbonyl (C=O) groups excluding carboxylic acids is 2. The van der Waals surface area contributed by atoms with E-state index >= 15 is 0 Å². The first-order valence-electron chi connectivity index (χ1n) is 9.08. The van der Waals surface area contributed by atoms with Gasteiger partial charge in [-0.15, -0.1) is 10.2 Å². The van der Waals surface area contributed by atoms with Gasteiger partial charge in [0.25, 0.3) is 5.91 Å². The topological polar surface area (TPSA) is 75.2 Å². The number of nitrogens with one attached hydrogen (secondary N) is 1. The number of para-hydroxylation sites is 1. The molecule has 29 heavy (non-hydrogen) atoms. The van der Waals surface area contributed by atoms with Crippen LogP contribution in [-0.4, -0.2) is 26.9 Å². The predicted octanol–water partition coefficient (Wildman–Crippen LogP) is 4.40. The van der Waals surface area contributed by atoms with E-state index in [1.807, 2.05) is 42.5 Å². The second-order valence-corrected chi connectivity index (χ2v) is 10.2. The van der Waals surface area contributed by atoms with E-state index in [0.29, 0.717) is 18.0 Å². The highest BCUT2D eigenvalue weighted by atomic mass is 32.2. The third-order valence-electron chi connectivity index (χ3n) is 4.86. The Morgan fingerprint density at radius 3 is 2.79 bits per heavy atom. The number of benzene rings is 2. The summed E-state index contributed by atoms with van der Waals surface area (Å²) in [6.07, 6.45) is 0.842. The van der Waals surface area contributed by atoms with Gasteiger partial charge in [0.2, 0.25) is 11.0 Å². The second-order valence-electron chi connectivity index (χ2n) is 6.68. The lowest BCUT2D eigenvalue weighted by molar-refractivity contribution is -0.121. The molecule has 1 atom stereocenters. The smallest absolute Gasteiger partial charge is 0.263 e. The molecule has 9 heteroatoms. The number of fused-ring (bicyclic) bond motifs is 3. The highest BCUT2D eigenvalue weighted by Crippen LogP contribution is 2.56. The van der Waals surface area contributed by atoms with Crippen molar-refractivity contribution in [1.29, 1.82) is 0 Å². The molecule has 0 spiro atoms. The molecule has 1 unspecified atom stereocenters. The van der Waals surface area contributed by atoms with E-state index in [4.69, 9.17) is 0 Å². The molecule has 2 aromatic carbocycles. The largest absolute Gasteiger partial charge is 0.298 e. The number of aromatic nitrogens is 2. The van der Waals surface area contributed by atoms with Gasteiger partial charge in [-0.2, -0.15) is 0 Å². The minimum absolute atomic E-state index is 0.0195. The van der Waals surface area contributed by atoms with Crippen molar-refractivity contribution in [1.82, 2.24) is 10.2 Å². The number of hydrogen-bond acceptors (Lipinski definition) is 7. The van der Waals surface area contributed by atoms with E-state index in [-0.39, 0.29) is 11.8 Å². The Bertz CT molecular complexity index is 1090. The fourth-order valence-electron chi connectivity index (χ4n) is 3.53. The van der Waals surface area contributed by atoms with E-state index < -0.39 is 4.87 Å². The third kappa shape index (κ3) is 3.33. The van der Waals surface area contributed by atoms with Crippen molar-refractivity contribution in [2.45, 2.75) is 32.7 Å². The summed E-state index contributed by atoms with van der Waals surface area (Å²) >= 11 is 4.38. The fourth-order valence-corrected chi connectivity index (χ4v) is 6.65. The molecule has 0 radical (unpaired) electrons. The van der Waals surface area contributed by atoms with Crippen LogP contribution in [0.4, 0.5) is 10.8 Å². The molecular formula is C20H16N4O2S3. The zero-order valence-electron chi connectivity index (χ0n) is 15.2. The molecule has 1 saturated heterocycles. The Labute approximate surface area is 180 Å². The Hall–Kier alpha value is -2.36. The van der Waals surface area contributed by atoms with Crippen molar-refractivity contribution in [3.05, 3.63) is 60.2 Å². The standard InChI is InChI=1S/C20H16N4O2S3/c25-16-10-11-20(24(16)14-8-4-5-9-15(14)29-20)17(26)21-18-22-23-19(28-18)27-12-13-6-2-1-3-7-13/h1-9H,10-12H2,(H,21,22,26). The number of amides is 2. The molecule has 0 aliphatic carbocycles. The Morgan fingerprint density at radius 1 is 1.14 bits per heavy atom. The Kier molecular flexibility index (Phi) is 4.81. The summed E-state index contributed by atoms with van der Waals surface area (Å²) in [5.41, 5.74) is 2.02. The average molecular weight is 441 g/mol. The molecule has 1 aromatic heterocycles. The minimum atomic E-state index is -0.941. The molecule has 5 rings (SSSR count). The summed E-state index contributed by atoms with van der Waals surface area (Å²) in [7, 11) is 0. The van der Waals surface area contributed by atoms with Crippen LogP contribution in [0.2, 0.25) is 0 Å². The first kappa shape index (κ1) is 18.7. The first-order chi connectivity index (χ1) is 14.2. The van der Waals surface area contributed by atoms with Crippen LogP contribution in [0.3, 0.4) is 0 Å². The Morgan fingerprint density at radius 2 is 1.93 bits per heavy atom. The number of carbonyl (C=O) groups is 2. The zero-order chi connectivity index (χ0) is 19.8. The van der Waals surface area contributed by atoms with Crippen molar-refractivity contribution >= 4 is 57.5 Å². The molecule has 2 amide bonds. The highest BCUT2D eigenvalue weighted by molar-refractivity contribution is 8.02. The van der Waals surface area contributed by atoms with Gasteiger partial charge in [-0.05, 0) is 24.1 Å². The molecule has 3 aromatic rings. The number of rotatable bonds is 5. The van der Waals surface area contributed by atoms with E-state index in [9.17, 15) is 9.59 Å². The number of anilines is 2. The third-order valence-corrected chi connectivity index (χ3v) is 8.38. The van der Waals surface area contributed by atoms with E-state index in [2.05, 4.69) is 27.6 Å². The van der Waals surface area contributed by atoms with Gasteiger partial charge in [-0.1, -0.05) is 77.3 Å². The molecule has 0 saturated carbocycles. The maximum absolute atomic E-state index is 13.2. The van der Waals surface area contributed by atoms with Crippen LogP contribution < -0.4 is 10.2 Å². The van der Waals surface area contributed by atoms with Crippen molar-refractivity contribution < 1.29 is 9.59 Å². The van der Waals surface area contributed by atoms with Crippen molar-refractivity contribution in [2.24, 2.45) is 0 Å². The van der Waals surface area contributed by atoms with Gasteiger partial charge in [0.05, 0.1) is 5.69 Å². The summed E-state index contributed by atoms with van der Waals surface area (Å²) in [6.45, 7) is 0. The van der Waals surface area contributed by atoms with Gasteiger partial charge in [0, 0.05) is 17.1 Å². The molecule has 2 aliphatic heterocycles. The summed E-state index contributed by atoms with van der Waals surface area (Å²) in [5.74, 6) is 0.551. The van der Waals surface area contributed by atoms with E-state index in [1.165, 1.54) is 28.7 Å². The number of hydrogen-bond donors (Lipinski definition) is 1. The molecule has 146 valence electrons. The van der Waals surface area contributed by atoms with Gasteiger partial charge >= 0.3 is 0 Å². The fraction of sp³-hybridized carbons (Fsp3) is 0.200. The SMILES string of the molecule is O=C1CCC2(C(=O)Nc3nnc(SCc4ccccc4)s3)Sc3ccccc3N12. The van der Waals surface area contributed by atoms with Crippen molar-refractivity contribution in [2.75, 3.05) is 10.2 Å². The molecule has 2 aliphatic rings. The number of thioether (sulfide) groups is 2. The molecule has 1 fully saturated rings. The molecular weight excluding hydrogens is 424 g/mol. The lowest BCUT2D eigenvalue weighted by Crippen LogP contribution is -2.49. The van der Waals surface area contributed by atoms with Crippen LogP contribution in [0, 0.1) is 0 Å². The second kappa shape index (κ2) is 7.47. The lowest BCUT2D eigenvalue weighted by Gasteiger charge is -2.29. The quantitative estimate of drug-likeness (QED) is 0.468. The normalized spacial score (nSPS) is 19.9. The number of nitrogens with zero attached hydrogens (tertiary/aromatic N) is 3. The van der Waals surface area contributed by atoms with Gasteiger partial charge in [-0.25, -0.2) is 0 Å². The minimum Gasteiger partial charge on any atom is -0.298 e. The van der Waals surface area contributed by atoms with Gasteiger partial charge < -0.3 is 0 Å². The zero-order valence-corrected chi connectivity index (χ0v) is 17.6. The summed E-state index contributed by atoms with van der Waals surface area (Å²) < 4.78 is 0.795. The van der Waals surface area contributed by atoms with Crippen LogP contribution in [-0.2, 0) is 15.3 Å². The van der Waals surface area contributed by atoms with E-state index in [1.54, 1.807) is 16.7 Å². The Balaban J connectivity index is 1.31. The monoisotopic (exact) mass is 440 g/mol. The molecule has 1 N–H and O–H groups in total. The summed E-state index contributed by atoms with van der Waals surface area (Å²) in [5, 5.41) is 11.7. The molecule has 3 heterocycles. The maximum Gasteiger partial charge on any atom is 0.263 e. The van der Waals surface area contributed by atoms with E-state index in [0.717, 1.165) is 20.7 Å². The van der Waals surface area contributed by atoms with Crippen LogP contribution in [0.25, 0.3) is 0 Å². The lowest BCUT2D eigenvalue weighted by atomic mass is 10.2. The molecule has 6 nitrogen and oxygen atoms in total. The van der Waals surface area contributed by atoms with Crippen LogP contribution in [0.1, 0.15) is 18.4 Å². The predicted molar refractivity (Wildman–Crippen MR) is 116 cm³/mol. The van der Waals surface area contributed by atoms with Crippen molar-refractivity contribution in [3.63, 3.8) is 0 Å². The van der Waals surface area contributed by atoms with Crippen LogP contribution in [0.5, 0.6) is 0 Å². The van der Waals surface area contributed by atoms with Crippen molar-refractivity contribution in [3.8, 4) is 0 Å². The maximum atomic E-state index is 13.2. The van der Waals surface area contributed by atoms with Crippen LogP contribution >= 0.6 is 34.9 Å². The average Bonchev–Trinajstić information content (AvgIpc) is 3.42. The molecule has 0 bridgehead atoms. The van der Waals surface area contributed by atoms with Crippen LogP contribution in [0.15, 0.2) is 63.8 Å². The van der Waals surface area contributed by atoms with Gasteiger partial charge in [0.1, 0.15) is 0 Å². The first-order valence-corrected chi connectivity index (χ1v) is 11.7. The van der Waals surface area contributed by atoms with Gasteiger partial charge in [0.15, 0.2) is 9.21 Å².